The highest BCUT2D eigenvalue weighted by atomic mass is 19.1. The Morgan fingerprint density at radius 3 is 2.62 bits per heavy atom. The van der Waals surface area contributed by atoms with Crippen molar-refractivity contribution in [3.8, 4) is 11.5 Å². The summed E-state index contributed by atoms with van der Waals surface area (Å²) in [5, 5.41) is 11.5. The predicted octanol–water partition coefficient (Wildman–Crippen LogP) is 3.56. The fourth-order valence-corrected chi connectivity index (χ4v) is 6.69. The van der Waals surface area contributed by atoms with E-state index in [9.17, 15) is 19.1 Å². The molecule has 4 aliphatic rings. The number of nitrogens with zero attached hydrogens (tertiary/aromatic N) is 1. The summed E-state index contributed by atoms with van der Waals surface area (Å²) in [6.45, 7) is 4.73. The monoisotopic (exact) mass is 547 g/mol. The van der Waals surface area contributed by atoms with Gasteiger partial charge in [-0.3, -0.25) is 9.69 Å². The fraction of sp³-hybridized carbons (Fsp3) is 0.655. The second-order valence-electron chi connectivity index (χ2n) is 11.6. The zero-order valence-electron chi connectivity index (χ0n) is 23.1. The van der Waals surface area contributed by atoms with Crippen molar-refractivity contribution in [2.75, 3.05) is 34.1 Å². The average Bonchev–Trinajstić information content (AvgIpc) is 3.56. The molecular formula is C29H38FNO8. The van der Waals surface area contributed by atoms with Crippen LogP contribution in [0, 0.1) is 0 Å². The summed E-state index contributed by atoms with van der Waals surface area (Å²) < 4.78 is 42.2. The van der Waals surface area contributed by atoms with E-state index in [1.807, 2.05) is 12.1 Å². The molecule has 1 aromatic rings. The largest absolute Gasteiger partial charge is 0.497 e. The van der Waals surface area contributed by atoms with Gasteiger partial charge in [-0.15, -0.1) is 0 Å². The topological polar surface area (TPSA) is 104 Å². The van der Waals surface area contributed by atoms with Gasteiger partial charge in [0, 0.05) is 6.54 Å². The summed E-state index contributed by atoms with van der Waals surface area (Å²) in [6, 6.07) is 3.98. The molecule has 1 spiro atoms. The highest BCUT2D eigenvalue weighted by Crippen LogP contribution is 2.55. The van der Waals surface area contributed by atoms with E-state index in [4.69, 9.17) is 23.7 Å². The van der Waals surface area contributed by atoms with Crippen LogP contribution in [-0.4, -0.2) is 79.0 Å². The van der Waals surface area contributed by atoms with Gasteiger partial charge in [0.15, 0.2) is 23.2 Å². The first kappa shape index (κ1) is 27.7. The average molecular weight is 548 g/mol. The lowest BCUT2D eigenvalue weighted by Gasteiger charge is -2.39. The molecule has 10 heteroatoms. The molecule has 0 radical (unpaired) electrons. The van der Waals surface area contributed by atoms with E-state index >= 15 is 0 Å². The molecule has 1 saturated heterocycles. The maximum absolute atomic E-state index is 14.2. The Morgan fingerprint density at radius 1 is 1.18 bits per heavy atom. The van der Waals surface area contributed by atoms with E-state index in [1.54, 1.807) is 7.11 Å². The molecule has 39 heavy (non-hydrogen) atoms. The molecule has 3 heterocycles. The van der Waals surface area contributed by atoms with Crippen LogP contribution >= 0.6 is 0 Å². The SMILES string of the molecule is COC(=O)C[C@](O)(CCCC(C)(C)F)C(=O)OC1C(OC)=CC23CCCN2CCc2cc4c(cc2[C@H]13)OCO4. The zero-order valence-corrected chi connectivity index (χ0v) is 23.1. The van der Waals surface area contributed by atoms with Crippen LogP contribution in [-0.2, 0) is 30.2 Å². The van der Waals surface area contributed by atoms with E-state index in [-0.39, 0.29) is 32.0 Å². The Bertz CT molecular complexity index is 1160. The third-order valence-corrected chi connectivity index (χ3v) is 8.60. The lowest BCUT2D eigenvalue weighted by atomic mass is 9.77. The van der Waals surface area contributed by atoms with Crippen molar-refractivity contribution in [3.63, 3.8) is 0 Å². The smallest absolute Gasteiger partial charge is 0.339 e. The minimum absolute atomic E-state index is 0.109. The predicted molar refractivity (Wildman–Crippen MR) is 138 cm³/mol. The summed E-state index contributed by atoms with van der Waals surface area (Å²) in [5.74, 6) is -0.199. The van der Waals surface area contributed by atoms with Crippen LogP contribution in [0.25, 0.3) is 0 Å². The van der Waals surface area contributed by atoms with Crippen molar-refractivity contribution in [1.29, 1.82) is 0 Å². The number of benzene rings is 1. The summed E-state index contributed by atoms with van der Waals surface area (Å²) >= 11 is 0. The van der Waals surface area contributed by atoms with Gasteiger partial charge in [0.05, 0.1) is 32.1 Å². The molecule has 1 aliphatic carbocycles. The minimum Gasteiger partial charge on any atom is -0.497 e. The molecule has 1 fully saturated rings. The number of aliphatic hydroxyl groups is 1. The molecule has 1 aromatic carbocycles. The molecule has 2 unspecified atom stereocenters. The Labute approximate surface area is 228 Å². The maximum atomic E-state index is 14.2. The maximum Gasteiger partial charge on any atom is 0.339 e. The molecule has 0 amide bonds. The van der Waals surface area contributed by atoms with Crippen molar-refractivity contribution < 1.29 is 42.8 Å². The first-order chi connectivity index (χ1) is 18.5. The van der Waals surface area contributed by atoms with Crippen LogP contribution in [0.3, 0.4) is 0 Å². The van der Waals surface area contributed by atoms with Crippen LogP contribution in [0.5, 0.6) is 11.5 Å². The summed E-state index contributed by atoms with van der Waals surface area (Å²) in [7, 11) is 2.73. The van der Waals surface area contributed by atoms with E-state index in [2.05, 4.69) is 11.0 Å². The number of hydrogen-bond acceptors (Lipinski definition) is 9. The summed E-state index contributed by atoms with van der Waals surface area (Å²) in [4.78, 5) is 28.4. The summed E-state index contributed by atoms with van der Waals surface area (Å²) in [6.07, 6.45) is 3.39. The second-order valence-corrected chi connectivity index (χ2v) is 11.6. The lowest BCUT2D eigenvalue weighted by Crippen LogP contribution is -2.49. The number of esters is 2. The Balaban J connectivity index is 1.50. The first-order valence-electron chi connectivity index (χ1n) is 13.6. The molecule has 4 atom stereocenters. The number of carbonyl (C=O) groups excluding carboxylic acids is 2. The summed E-state index contributed by atoms with van der Waals surface area (Å²) in [5.41, 5.74) is -2.03. The van der Waals surface area contributed by atoms with Crippen LogP contribution in [0.4, 0.5) is 4.39 Å². The highest BCUT2D eigenvalue weighted by Gasteiger charge is 2.59. The van der Waals surface area contributed by atoms with Gasteiger partial charge < -0.3 is 28.8 Å². The zero-order chi connectivity index (χ0) is 28.0. The van der Waals surface area contributed by atoms with E-state index in [1.165, 1.54) is 21.0 Å². The van der Waals surface area contributed by atoms with E-state index in [0.717, 1.165) is 43.5 Å². The third-order valence-electron chi connectivity index (χ3n) is 8.60. The number of carbonyl (C=O) groups is 2. The van der Waals surface area contributed by atoms with E-state index in [0.29, 0.717) is 17.3 Å². The first-order valence-corrected chi connectivity index (χ1v) is 13.6. The van der Waals surface area contributed by atoms with Gasteiger partial charge in [-0.05, 0) is 88.3 Å². The minimum atomic E-state index is -2.18. The number of halogens is 1. The normalized spacial score (nSPS) is 27.0. The molecule has 9 nitrogen and oxygen atoms in total. The number of rotatable bonds is 9. The van der Waals surface area contributed by atoms with Gasteiger partial charge in [-0.25, -0.2) is 9.18 Å². The Kier molecular flexibility index (Phi) is 7.30. The highest BCUT2D eigenvalue weighted by molar-refractivity contribution is 5.86. The lowest BCUT2D eigenvalue weighted by molar-refractivity contribution is -0.178. The molecule has 214 valence electrons. The standard InChI is InChI=1S/C29H38FNO8/c1-27(2,30)8-5-10-29(34,16-23(32)36-4)26(33)39-25-22(35-3)15-28-9-6-11-31(28)12-7-18-13-20-21(38-17-37-20)14-19(18)24(25)28/h13-15,24-25,34H,5-12,16-17H2,1-4H3/t24-,25?,28?,29-/m1/s1. The van der Waals surface area contributed by atoms with Gasteiger partial charge in [0.2, 0.25) is 6.79 Å². The van der Waals surface area contributed by atoms with Gasteiger partial charge in [0.25, 0.3) is 0 Å². The van der Waals surface area contributed by atoms with Crippen LogP contribution in [0.2, 0.25) is 0 Å². The van der Waals surface area contributed by atoms with Crippen LogP contribution in [0.15, 0.2) is 24.0 Å². The van der Waals surface area contributed by atoms with Gasteiger partial charge in [-0.2, -0.15) is 0 Å². The van der Waals surface area contributed by atoms with Crippen molar-refractivity contribution in [3.05, 3.63) is 35.1 Å². The molecule has 1 N–H and O–H groups in total. The molecule has 0 saturated carbocycles. The van der Waals surface area contributed by atoms with Crippen LogP contribution in [0.1, 0.15) is 69.4 Å². The van der Waals surface area contributed by atoms with Crippen molar-refractivity contribution >= 4 is 11.9 Å². The quantitative estimate of drug-likeness (QED) is 0.465. The van der Waals surface area contributed by atoms with Crippen molar-refractivity contribution in [2.24, 2.45) is 0 Å². The Hall–Kier alpha value is -2.85. The van der Waals surface area contributed by atoms with Gasteiger partial charge >= 0.3 is 11.9 Å². The van der Waals surface area contributed by atoms with Gasteiger partial charge in [-0.1, -0.05) is 0 Å². The molecule has 3 aliphatic heterocycles. The number of ether oxygens (including phenoxy) is 5. The molecule has 5 rings (SSSR count). The fourth-order valence-electron chi connectivity index (χ4n) is 6.69. The molecule has 0 aromatic heterocycles. The third kappa shape index (κ3) is 5.09. The van der Waals surface area contributed by atoms with Gasteiger partial charge in [0.1, 0.15) is 11.4 Å². The number of methoxy groups -OCH3 is 2. The Morgan fingerprint density at radius 2 is 1.92 bits per heavy atom. The van der Waals surface area contributed by atoms with Crippen LogP contribution < -0.4 is 9.47 Å². The number of alkyl halides is 1. The molecule has 0 bridgehead atoms. The van der Waals surface area contributed by atoms with E-state index < -0.39 is 41.3 Å². The number of hydrogen-bond donors (Lipinski definition) is 1. The van der Waals surface area contributed by atoms with Crippen molar-refractivity contribution in [1.82, 2.24) is 4.90 Å². The number of fused-ring (bicyclic) bond motifs is 3. The molecular weight excluding hydrogens is 509 g/mol. The van der Waals surface area contributed by atoms with Crippen molar-refractivity contribution in [2.45, 2.75) is 87.6 Å². The second kappa shape index (κ2) is 10.3.